The summed E-state index contributed by atoms with van der Waals surface area (Å²) in [6.07, 6.45) is 3.01. The van der Waals surface area contributed by atoms with Crippen molar-refractivity contribution >= 4 is 38.3 Å². The van der Waals surface area contributed by atoms with Gasteiger partial charge in [-0.25, -0.2) is 8.42 Å². The second-order valence-corrected chi connectivity index (χ2v) is 10.2. The molecule has 0 saturated heterocycles. The predicted octanol–water partition coefficient (Wildman–Crippen LogP) is 3.34. The van der Waals surface area contributed by atoms with Crippen LogP contribution in [0.15, 0.2) is 58.4 Å². The van der Waals surface area contributed by atoms with Crippen molar-refractivity contribution < 1.29 is 27.4 Å². The number of sulfone groups is 1. The van der Waals surface area contributed by atoms with Gasteiger partial charge >= 0.3 is 0 Å². The summed E-state index contributed by atoms with van der Waals surface area (Å²) in [4.78, 5) is 12.5. The maximum absolute atomic E-state index is 12.5. The summed E-state index contributed by atoms with van der Waals surface area (Å²) < 4.78 is 39.6. The second kappa shape index (κ2) is 12.0. The quantitative estimate of drug-likeness (QED) is 0.176. The first-order valence-electron chi connectivity index (χ1n) is 10.3. The van der Waals surface area contributed by atoms with Gasteiger partial charge in [-0.05, 0) is 35.9 Å². The third kappa shape index (κ3) is 7.53. The first-order valence-corrected chi connectivity index (χ1v) is 13.0. The summed E-state index contributed by atoms with van der Waals surface area (Å²) in [7, 11) is -2.06. The number of amides is 1. The molecule has 0 aliphatic heterocycles. The number of nitrogens with zero attached hydrogens (tertiary/aromatic N) is 3. The molecule has 0 atom stereocenters. The zero-order valence-corrected chi connectivity index (χ0v) is 20.6. The Labute approximate surface area is 206 Å². The molecule has 1 heterocycles. The molecule has 3 rings (SSSR count). The van der Waals surface area contributed by atoms with E-state index >= 15 is 0 Å². The van der Waals surface area contributed by atoms with Crippen molar-refractivity contribution in [2.45, 2.75) is 10.8 Å². The fourth-order valence-corrected chi connectivity index (χ4v) is 4.23. The number of methoxy groups -OCH3 is 1. The Balaban J connectivity index is 1.60. The second-order valence-electron chi connectivity index (χ2n) is 7.04. The SMILES string of the molecule is COc1cc(C=C(C#N)C(=O)Nc2nnc(S(C)(=O)=O)s2)ccc1OCCCOc1ccccc1. The van der Waals surface area contributed by atoms with Crippen molar-refractivity contribution in [2.75, 3.05) is 31.9 Å². The number of anilines is 1. The van der Waals surface area contributed by atoms with Crippen molar-refractivity contribution in [1.82, 2.24) is 10.2 Å². The van der Waals surface area contributed by atoms with E-state index in [2.05, 4.69) is 15.5 Å². The van der Waals surface area contributed by atoms with Crippen LogP contribution in [0, 0.1) is 11.3 Å². The van der Waals surface area contributed by atoms with Gasteiger partial charge < -0.3 is 14.2 Å². The lowest BCUT2D eigenvalue weighted by Gasteiger charge is -2.12. The van der Waals surface area contributed by atoms with Gasteiger partial charge in [0, 0.05) is 12.7 Å². The third-order valence-electron chi connectivity index (χ3n) is 4.37. The van der Waals surface area contributed by atoms with E-state index in [1.165, 1.54) is 13.2 Å². The topological polar surface area (TPSA) is 140 Å². The number of ether oxygens (including phenoxy) is 3. The molecule has 0 spiro atoms. The molecule has 10 nitrogen and oxygen atoms in total. The number of nitriles is 1. The standard InChI is InChI=1S/C23H22N4O6S2/c1-31-20-14-16(9-10-19(20)33-12-6-11-32-18-7-4-3-5-8-18)13-17(15-24)21(28)25-22-26-27-23(34-22)35(2,29)30/h3-5,7-10,13-14H,6,11-12H2,1-2H3,(H,25,26,28). The van der Waals surface area contributed by atoms with E-state index in [1.807, 2.05) is 36.4 Å². The van der Waals surface area contributed by atoms with E-state index < -0.39 is 15.7 Å². The molecule has 1 amide bonds. The molecule has 1 aromatic heterocycles. The lowest BCUT2D eigenvalue weighted by atomic mass is 10.1. The largest absolute Gasteiger partial charge is 0.493 e. The van der Waals surface area contributed by atoms with E-state index in [1.54, 1.807) is 18.2 Å². The van der Waals surface area contributed by atoms with Crippen LogP contribution in [0.5, 0.6) is 17.2 Å². The summed E-state index contributed by atoms with van der Waals surface area (Å²) in [6, 6.07) is 16.3. The van der Waals surface area contributed by atoms with E-state index in [0.29, 0.717) is 48.0 Å². The van der Waals surface area contributed by atoms with Crippen LogP contribution in [0.25, 0.3) is 6.08 Å². The highest BCUT2D eigenvalue weighted by atomic mass is 32.2. The molecule has 3 aromatic rings. The van der Waals surface area contributed by atoms with Crippen molar-refractivity contribution in [2.24, 2.45) is 0 Å². The molecule has 0 radical (unpaired) electrons. The van der Waals surface area contributed by atoms with Gasteiger partial charge in [0.05, 0.1) is 20.3 Å². The van der Waals surface area contributed by atoms with Crippen LogP contribution in [0.4, 0.5) is 5.13 Å². The minimum absolute atomic E-state index is 0.0332. The molecule has 0 saturated carbocycles. The number of nitrogens with one attached hydrogen (secondary N) is 1. The molecule has 0 aliphatic carbocycles. The molecule has 0 bridgehead atoms. The summed E-state index contributed by atoms with van der Waals surface area (Å²) >= 11 is 0.696. The Hall–Kier alpha value is -3.95. The van der Waals surface area contributed by atoms with Gasteiger partial charge in [-0.2, -0.15) is 5.26 Å². The number of benzene rings is 2. The third-order valence-corrected chi connectivity index (χ3v) is 6.87. The Morgan fingerprint density at radius 1 is 1.11 bits per heavy atom. The van der Waals surface area contributed by atoms with Crippen LogP contribution in [0.2, 0.25) is 0 Å². The minimum atomic E-state index is -3.55. The van der Waals surface area contributed by atoms with Gasteiger partial charge in [0.1, 0.15) is 17.4 Å². The number of para-hydroxylation sites is 1. The van der Waals surface area contributed by atoms with Gasteiger partial charge in [0.2, 0.25) is 19.3 Å². The number of rotatable bonds is 11. The van der Waals surface area contributed by atoms with E-state index in [4.69, 9.17) is 14.2 Å². The number of hydrogen-bond donors (Lipinski definition) is 1. The Kier molecular flexibility index (Phi) is 8.77. The molecule has 1 N–H and O–H groups in total. The Bertz CT molecular complexity index is 1350. The highest BCUT2D eigenvalue weighted by Gasteiger charge is 2.17. The van der Waals surface area contributed by atoms with Gasteiger partial charge in [-0.15, -0.1) is 10.2 Å². The fraction of sp³-hybridized carbons (Fsp3) is 0.217. The maximum Gasteiger partial charge on any atom is 0.268 e. The highest BCUT2D eigenvalue weighted by molar-refractivity contribution is 7.92. The Morgan fingerprint density at radius 2 is 1.86 bits per heavy atom. The zero-order chi connectivity index (χ0) is 25.3. The van der Waals surface area contributed by atoms with Crippen LogP contribution < -0.4 is 19.5 Å². The lowest BCUT2D eigenvalue weighted by Crippen LogP contribution is -2.13. The number of carbonyl (C=O) groups excluding carboxylic acids is 1. The summed E-state index contributed by atoms with van der Waals surface area (Å²) in [5.41, 5.74) is 0.317. The lowest BCUT2D eigenvalue weighted by molar-refractivity contribution is -0.112. The molecule has 0 fully saturated rings. The number of hydrogen-bond acceptors (Lipinski definition) is 10. The van der Waals surface area contributed by atoms with E-state index in [9.17, 15) is 18.5 Å². The molecule has 182 valence electrons. The first-order chi connectivity index (χ1) is 16.8. The van der Waals surface area contributed by atoms with E-state index in [-0.39, 0.29) is 15.0 Å². The van der Waals surface area contributed by atoms with Crippen molar-refractivity contribution in [3.8, 4) is 23.3 Å². The van der Waals surface area contributed by atoms with Crippen molar-refractivity contribution in [1.29, 1.82) is 5.26 Å². The summed E-state index contributed by atoms with van der Waals surface area (Å²) in [6.45, 7) is 0.898. The monoisotopic (exact) mass is 514 g/mol. The smallest absolute Gasteiger partial charge is 0.268 e. The van der Waals surface area contributed by atoms with Crippen molar-refractivity contribution in [3.63, 3.8) is 0 Å². The minimum Gasteiger partial charge on any atom is -0.493 e. The summed E-state index contributed by atoms with van der Waals surface area (Å²) in [5.74, 6) is 0.985. The average molecular weight is 515 g/mol. The molecule has 35 heavy (non-hydrogen) atoms. The predicted molar refractivity (Wildman–Crippen MR) is 130 cm³/mol. The zero-order valence-electron chi connectivity index (χ0n) is 18.9. The van der Waals surface area contributed by atoms with Gasteiger partial charge in [0.25, 0.3) is 5.91 Å². The molecular formula is C23H22N4O6S2. The van der Waals surface area contributed by atoms with Crippen LogP contribution in [-0.4, -0.2) is 51.1 Å². The molecule has 12 heteroatoms. The molecule has 0 aliphatic rings. The maximum atomic E-state index is 12.5. The molecule has 0 unspecified atom stereocenters. The van der Waals surface area contributed by atoms with Crippen LogP contribution in [0.1, 0.15) is 12.0 Å². The highest BCUT2D eigenvalue weighted by Crippen LogP contribution is 2.29. The average Bonchev–Trinajstić information content (AvgIpc) is 3.32. The normalized spacial score (nSPS) is 11.4. The van der Waals surface area contributed by atoms with Gasteiger partial charge in [-0.1, -0.05) is 35.6 Å². The fourth-order valence-electron chi connectivity index (χ4n) is 2.73. The van der Waals surface area contributed by atoms with Crippen LogP contribution in [-0.2, 0) is 14.6 Å². The van der Waals surface area contributed by atoms with Gasteiger partial charge in [-0.3, -0.25) is 10.1 Å². The molecular weight excluding hydrogens is 492 g/mol. The van der Waals surface area contributed by atoms with Crippen LogP contribution in [0.3, 0.4) is 0 Å². The van der Waals surface area contributed by atoms with Crippen molar-refractivity contribution in [3.05, 3.63) is 59.7 Å². The number of aromatic nitrogens is 2. The van der Waals surface area contributed by atoms with Crippen LogP contribution >= 0.6 is 11.3 Å². The Morgan fingerprint density at radius 3 is 2.51 bits per heavy atom. The summed E-state index contributed by atoms with van der Waals surface area (Å²) in [5, 5.41) is 18.9. The molecule has 2 aromatic carbocycles. The number of carbonyl (C=O) groups is 1. The van der Waals surface area contributed by atoms with Gasteiger partial charge in [0.15, 0.2) is 11.5 Å². The first kappa shape index (κ1) is 25.7. The van der Waals surface area contributed by atoms with E-state index in [0.717, 1.165) is 12.0 Å².